The molecule has 0 amide bonds. The molecule has 0 spiro atoms. The lowest BCUT2D eigenvalue weighted by atomic mass is 9.84. The highest BCUT2D eigenvalue weighted by atomic mass is 35.5. The van der Waals surface area contributed by atoms with Crippen LogP contribution in [0.5, 0.6) is 0 Å². The molecule has 88 valence electrons. The minimum Gasteiger partial charge on any atom is -0.207 e. The average molecular weight is 245 g/mol. The normalized spacial score (nSPS) is 23.7. The third-order valence-electron chi connectivity index (χ3n) is 3.32. The quantitative estimate of drug-likeness (QED) is 0.462. The molecule has 0 saturated heterocycles. The minimum absolute atomic E-state index is 0.0777. The number of halogens is 3. The van der Waals surface area contributed by atoms with E-state index < -0.39 is 11.6 Å². The van der Waals surface area contributed by atoms with Crippen molar-refractivity contribution in [1.82, 2.24) is 0 Å². The van der Waals surface area contributed by atoms with Crippen LogP contribution >= 0.6 is 11.6 Å². The third-order valence-corrected chi connectivity index (χ3v) is 3.71. The fourth-order valence-electron chi connectivity index (χ4n) is 2.33. The van der Waals surface area contributed by atoms with Crippen LogP contribution in [0.2, 0.25) is 0 Å². The Balaban J connectivity index is 2.49. The maximum absolute atomic E-state index is 13.6. The molecule has 1 aromatic rings. The van der Waals surface area contributed by atoms with Gasteiger partial charge in [-0.2, -0.15) is 0 Å². The maximum atomic E-state index is 13.6. The molecule has 1 aliphatic rings. The van der Waals surface area contributed by atoms with Crippen LogP contribution in [0.3, 0.4) is 0 Å². The molecule has 0 bridgehead atoms. The summed E-state index contributed by atoms with van der Waals surface area (Å²) in [4.78, 5) is 0. The van der Waals surface area contributed by atoms with Crippen molar-refractivity contribution in [2.45, 2.75) is 38.5 Å². The summed E-state index contributed by atoms with van der Waals surface area (Å²) >= 11 is 6.25. The molecule has 1 aliphatic carbocycles. The van der Waals surface area contributed by atoms with E-state index in [-0.39, 0.29) is 10.8 Å². The summed E-state index contributed by atoms with van der Waals surface area (Å²) < 4.78 is 26.8. The molecule has 0 aliphatic heterocycles. The zero-order chi connectivity index (χ0) is 11.9. The molecule has 0 heterocycles. The smallest absolute Gasteiger partial charge is 0.129 e. The molecular weight excluding hydrogens is 230 g/mol. The monoisotopic (exact) mass is 244 g/mol. The molecule has 0 N–H and O–H groups in total. The first-order valence-electron chi connectivity index (χ1n) is 5.51. The van der Waals surface area contributed by atoms with Crippen molar-refractivity contribution in [3.8, 4) is 0 Å². The van der Waals surface area contributed by atoms with Gasteiger partial charge in [0.1, 0.15) is 11.6 Å². The van der Waals surface area contributed by atoms with E-state index in [0.29, 0.717) is 17.5 Å². The number of alkyl halides is 1. The highest BCUT2D eigenvalue weighted by molar-refractivity contribution is 6.21. The second-order valence-corrected chi connectivity index (χ2v) is 5.82. The van der Waals surface area contributed by atoms with Gasteiger partial charge >= 0.3 is 0 Å². The summed E-state index contributed by atoms with van der Waals surface area (Å²) in [7, 11) is 0. The van der Waals surface area contributed by atoms with Crippen molar-refractivity contribution in [2.24, 2.45) is 5.41 Å². The fourth-order valence-corrected chi connectivity index (χ4v) is 2.94. The van der Waals surface area contributed by atoms with Crippen LogP contribution in [0, 0.1) is 17.0 Å². The zero-order valence-corrected chi connectivity index (χ0v) is 10.2. The van der Waals surface area contributed by atoms with Crippen LogP contribution in [0.25, 0.3) is 0 Å². The predicted octanol–water partition coefficient (Wildman–Crippen LogP) is 4.61. The van der Waals surface area contributed by atoms with Gasteiger partial charge in [-0.3, -0.25) is 0 Å². The van der Waals surface area contributed by atoms with E-state index in [0.717, 1.165) is 18.9 Å². The standard InChI is InChI=1S/C13H15ClF2/c1-13(2)4-3-9-10(11(14)7-13)5-8(15)6-12(9)16/h5-6,11H,3-4,7H2,1-2H3. The van der Waals surface area contributed by atoms with Crippen molar-refractivity contribution in [2.75, 3.05) is 0 Å². The first kappa shape index (κ1) is 11.8. The summed E-state index contributed by atoms with van der Waals surface area (Å²) in [5.41, 5.74) is 1.30. The molecule has 1 atom stereocenters. The van der Waals surface area contributed by atoms with Crippen molar-refractivity contribution >= 4 is 11.6 Å². The molecule has 0 nitrogen and oxygen atoms in total. The molecule has 0 aromatic heterocycles. The Bertz CT molecular complexity index is 413. The van der Waals surface area contributed by atoms with Gasteiger partial charge in [-0.05, 0) is 41.9 Å². The summed E-state index contributed by atoms with van der Waals surface area (Å²) in [6.07, 6.45) is 2.27. The van der Waals surface area contributed by atoms with Crippen LogP contribution < -0.4 is 0 Å². The van der Waals surface area contributed by atoms with Gasteiger partial charge in [0, 0.05) is 6.07 Å². The van der Waals surface area contributed by atoms with Gasteiger partial charge in [-0.25, -0.2) is 8.78 Å². The van der Waals surface area contributed by atoms with Gasteiger partial charge in [0.15, 0.2) is 0 Å². The van der Waals surface area contributed by atoms with Gasteiger partial charge in [0.25, 0.3) is 0 Å². The van der Waals surface area contributed by atoms with Crippen LogP contribution in [0.1, 0.15) is 43.2 Å². The van der Waals surface area contributed by atoms with E-state index in [4.69, 9.17) is 11.6 Å². The number of hydrogen-bond donors (Lipinski definition) is 0. The average Bonchev–Trinajstić information content (AvgIpc) is 2.23. The summed E-state index contributed by atoms with van der Waals surface area (Å²) in [6.45, 7) is 4.23. The van der Waals surface area contributed by atoms with Gasteiger partial charge in [-0.1, -0.05) is 13.8 Å². The summed E-state index contributed by atoms with van der Waals surface area (Å²) in [5.74, 6) is -1.00. The lowest BCUT2D eigenvalue weighted by Gasteiger charge is -2.23. The molecule has 3 heteroatoms. The number of benzene rings is 1. The Hall–Kier alpha value is -0.630. The topological polar surface area (TPSA) is 0 Å². The molecule has 1 aromatic carbocycles. The third kappa shape index (κ3) is 2.22. The molecule has 0 radical (unpaired) electrons. The van der Waals surface area contributed by atoms with Crippen molar-refractivity contribution in [1.29, 1.82) is 0 Å². The van der Waals surface area contributed by atoms with E-state index in [9.17, 15) is 8.78 Å². The minimum atomic E-state index is -0.540. The molecule has 0 fully saturated rings. The van der Waals surface area contributed by atoms with Gasteiger partial charge in [0.05, 0.1) is 5.38 Å². The Labute approximate surface area is 99.6 Å². The summed E-state index contributed by atoms with van der Waals surface area (Å²) in [6, 6.07) is 2.32. The first-order valence-corrected chi connectivity index (χ1v) is 5.94. The predicted molar refractivity (Wildman–Crippen MR) is 61.7 cm³/mol. The number of hydrogen-bond acceptors (Lipinski definition) is 0. The largest absolute Gasteiger partial charge is 0.207 e. The summed E-state index contributed by atoms with van der Waals surface area (Å²) in [5, 5.41) is -0.294. The van der Waals surface area contributed by atoms with Gasteiger partial charge in [0.2, 0.25) is 0 Å². The van der Waals surface area contributed by atoms with Gasteiger partial charge in [-0.15, -0.1) is 11.6 Å². The highest BCUT2D eigenvalue weighted by Crippen LogP contribution is 2.43. The van der Waals surface area contributed by atoms with Crippen molar-refractivity contribution in [3.05, 3.63) is 34.9 Å². The Kier molecular flexibility index (Phi) is 2.95. The van der Waals surface area contributed by atoms with Crippen LogP contribution in [0.4, 0.5) is 8.78 Å². The van der Waals surface area contributed by atoms with E-state index in [1.54, 1.807) is 0 Å². The Morgan fingerprint density at radius 3 is 2.69 bits per heavy atom. The molecular formula is C13H15ClF2. The molecule has 1 unspecified atom stereocenters. The zero-order valence-electron chi connectivity index (χ0n) is 9.49. The highest BCUT2D eigenvalue weighted by Gasteiger charge is 2.30. The lowest BCUT2D eigenvalue weighted by Crippen LogP contribution is -2.11. The second kappa shape index (κ2) is 3.99. The SMILES string of the molecule is CC1(C)CCc2c(F)cc(F)cc2C(Cl)C1. The van der Waals surface area contributed by atoms with Crippen molar-refractivity contribution < 1.29 is 8.78 Å². The van der Waals surface area contributed by atoms with Crippen LogP contribution in [0.15, 0.2) is 12.1 Å². The number of fused-ring (bicyclic) bond motifs is 1. The van der Waals surface area contributed by atoms with Crippen LogP contribution in [-0.2, 0) is 6.42 Å². The van der Waals surface area contributed by atoms with Gasteiger partial charge < -0.3 is 0 Å². The molecule has 0 saturated carbocycles. The Morgan fingerprint density at radius 2 is 2.00 bits per heavy atom. The maximum Gasteiger partial charge on any atom is 0.129 e. The van der Waals surface area contributed by atoms with E-state index in [1.807, 2.05) is 0 Å². The fraction of sp³-hybridized carbons (Fsp3) is 0.538. The van der Waals surface area contributed by atoms with E-state index >= 15 is 0 Å². The lowest BCUT2D eigenvalue weighted by molar-refractivity contribution is 0.313. The van der Waals surface area contributed by atoms with Crippen molar-refractivity contribution in [3.63, 3.8) is 0 Å². The molecule has 16 heavy (non-hydrogen) atoms. The van der Waals surface area contributed by atoms with Crippen LogP contribution in [-0.4, -0.2) is 0 Å². The molecule has 2 rings (SSSR count). The van der Waals surface area contributed by atoms with E-state index in [1.165, 1.54) is 6.07 Å². The van der Waals surface area contributed by atoms with E-state index in [2.05, 4.69) is 13.8 Å². The Morgan fingerprint density at radius 1 is 1.31 bits per heavy atom. The first-order chi connectivity index (χ1) is 7.39. The second-order valence-electron chi connectivity index (χ2n) is 5.29. The number of rotatable bonds is 0.